The Morgan fingerprint density at radius 2 is 2.50 bits per heavy atom. The van der Waals surface area contributed by atoms with Crippen molar-refractivity contribution in [3.63, 3.8) is 0 Å². The average molecular weight is 141 g/mol. The van der Waals surface area contributed by atoms with Crippen molar-refractivity contribution in [3.05, 3.63) is 12.7 Å². The van der Waals surface area contributed by atoms with E-state index in [0.717, 1.165) is 6.42 Å². The highest BCUT2D eigenvalue weighted by molar-refractivity contribution is 5.79. The van der Waals surface area contributed by atoms with Gasteiger partial charge in [-0.2, -0.15) is 4.99 Å². The Balaban J connectivity index is 3.43. The number of amides is 1. The Morgan fingerprint density at radius 3 is 3.00 bits per heavy atom. The summed E-state index contributed by atoms with van der Waals surface area (Å²) in [4.78, 5) is 13.9. The van der Waals surface area contributed by atoms with E-state index in [0.29, 0.717) is 0 Å². The molecule has 0 saturated carbocycles. The van der Waals surface area contributed by atoms with Gasteiger partial charge in [-0.1, -0.05) is 19.6 Å². The van der Waals surface area contributed by atoms with Gasteiger partial charge in [0.15, 0.2) is 0 Å². The fourth-order valence-corrected chi connectivity index (χ4v) is 0.333. The van der Waals surface area contributed by atoms with E-state index in [9.17, 15) is 4.79 Å². The first kappa shape index (κ1) is 8.88. The van der Waals surface area contributed by atoms with E-state index in [2.05, 4.69) is 16.3 Å². The number of carbonyl (C=O) groups excluding carboxylic acids is 1. The number of hydrogen-bond acceptors (Lipinski definition) is 2. The molecule has 0 heterocycles. The van der Waals surface area contributed by atoms with Crippen molar-refractivity contribution >= 4 is 12.3 Å². The van der Waals surface area contributed by atoms with E-state index < -0.39 is 6.09 Å². The van der Waals surface area contributed by atoms with Gasteiger partial charge >= 0.3 is 6.09 Å². The lowest BCUT2D eigenvalue weighted by atomic mass is 10.5. The van der Waals surface area contributed by atoms with Crippen molar-refractivity contribution in [2.24, 2.45) is 4.99 Å². The van der Waals surface area contributed by atoms with E-state index in [4.69, 9.17) is 0 Å². The Hall–Kier alpha value is -1.12. The maximum atomic E-state index is 10.5. The van der Waals surface area contributed by atoms with E-state index >= 15 is 0 Å². The number of carbonyl (C=O) groups is 1. The summed E-state index contributed by atoms with van der Waals surface area (Å²) in [6.07, 6.45) is 3.19. The summed E-state index contributed by atoms with van der Waals surface area (Å²) in [6, 6.07) is 0. The van der Waals surface area contributed by atoms with Gasteiger partial charge in [-0.3, -0.25) is 0 Å². The van der Waals surface area contributed by atoms with Crippen molar-refractivity contribution in [3.8, 4) is 0 Å². The van der Waals surface area contributed by atoms with Gasteiger partial charge in [0.2, 0.25) is 0 Å². The molecule has 3 nitrogen and oxygen atoms in total. The molecule has 3 heteroatoms. The molecule has 0 radical (unpaired) electrons. The molecule has 0 unspecified atom stereocenters. The number of rotatable bonds is 3. The van der Waals surface area contributed by atoms with Crippen LogP contribution in [0.3, 0.4) is 0 Å². The lowest BCUT2D eigenvalue weighted by molar-refractivity contribution is 0.170. The molecule has 56 valence electrons. The molecule has 0 atom stereocenters. The molecule has 0 aliphatic heterocycles. The lowest BCUT2D eigenvalue weighted by Crippen LogP contribution is -1.97. The van der Waals surface area contributed by atoms with Crippen molar-refractivity contribution in [2.75, 3.05) is 6.61 Å². The van der Waals surface area contributed by atoms with Crippen LogP contribution in [0.25, 0.3) is 0 Å². The third kappa shape index (κ3) is 5.03. The van der Waals surface area contributed by atoms with Crippen molar-refractivity contribution in [1.82, 2.24) is 0 Å². The Bertz CT molecular complexity index is 141. The fourth-order valence-electron chi connectivity index (χ4n) is 0.333. The molecule has 0 aliphatic carbocycles. The topological polar surface area (TPSA) is 38.7 Å². The van der Waals surface area contributed by atoms with Crippen LogP contribution in [0.5, 0.6) is 0 Å². The Morgan fingerprint density at radius 1 is 1.80 bits per heavy atom. The zero-order valence-electron chi connectivity index (χ0n) is 6.04. The average Bonchev–Trinajstić information content (AvgIpc) is 1.97. The van der Waals surface area contributed by atoms with Gasteiger partial charge in [0.05, 0.1) is 0 Å². The van der Waals surface area contributed by atoms with Crippen LogP contribution in [0.4, 0.5) is 4.79 Å². The molecule has 0 aliphatic rings. The molecule has 0 saturated heterocycles. The second-order valence-electron chi connectivity index (χ2n) is 1.59. The Kier molecular flexibility index (Phi) is 5.33. The van der Waals surface area contributed by atoms with Crippen LogP contribution in [-0.4, -0.2) is 18.9 Å². The highest BCUT2D eigenvalue weighted by atomic mass is 16.5. The second-order valence-corrected chi connectivity index (χ2v) is 1.59. The third-order valence-electron chi connectivity index (χ3n) is 0.704. The molecule has 0 aromatic carbocycles. The first-order valence-electron chi connectivity index (χ1n) is 3.11. The molecule has 0 aromatic rings. The largest absolute Gasteiger partial charge is 0.444 e. The van der Waals surface area contributed by atoms with E-state index in [1.54, 1.807) is 0 Å². The molecule has 10 heavy (non-hydrogen) atoms. The minimum atomic E-state index is -0.554. The molecule has 0 aromatic heterocycles. The maximum Gasteiger partial charge on any atom is 0.433 e. The van der Waals surface area contributed by atoms with Gasteiger partial charge in [0, 0.05) is 6.21 Å². The highest BCUT2D eigenvalue weighted by Gasteiger charge is 1.92. The summed E-state index contributed by atoms with van der Waals surface area (Å²) >= 11 is 0. The molecular weight excluding hydrogens is 130 g/mol. The number of hydrogen-bond donors (Lipinski definition) is 0. The first-order chi connectivity index (χ1) is 4.81. The summed E-state index contributed by atoms with van der Waals surface area (Å²) in [5.74, 6) is 0. The molecule has 0 spiro atoms. The monoisotopic (exact) mass is 141 g/mol. The zero-order valence-corrected chi connectivity index (χ0v) is 6.04. The summed E-state index contributed by atoms with van der Waals surface area (Å²) in [7, 11) is 0. The normalized spacial score (nSPS) is 9.70. The predicted molar refractivity (Wildman–Crippen MR) is 40.3 cm³/mol. The molecular formula is C7H11NO2. The molecule has 0 rings (SSSR count). The lowest BCUT2D eigenvalue weighted by Gasteiger charge is -1.92. The SMILES string of the molecule is C=CCOC(=O)N=CCC. The van der Waals surface area contributed by atoms with Crippen molar-refractivity contribution in [1.29, 1.82) is 0 Å². The van der Waals surface area contributed by atoms with Crippen LogP contribution >= 0.6 is 0 Å². The summed E-state index contributed by atoms with van der Waals surface area (Å²) in [5, 5.41) is 0. The van der Waals surface area contributed by atoms with Gasteiger partial charge in [-0.25, -0.2) is 4.79 Å². The van der Waals surface area contributed by atoms with Crippen LogP contribution in [0.15, 0.2) is 17.6 Å². The van der Waals surface area contributed by atoms with Crippen LogP contribution < -0.4 is 0 Å². The zero-order chi connectivity index (χ0) is 7.82. The minimum absolute atomic E-state index is 0.222. The van der Waals surface area contributed by atoms with Gasteiger partial charge < -0.3 is 4.74 Å². The highest BCUT2D eigenvalue weighted by Crippen LogP contribution is 1.83. The summed E-state index contributed by atoms with van der Waals surface area (Å²) in [6.45, 7) is 5.50. The number of ether oxygens (including phenoxy) is 1. The van der Waals surface area contributed by atoms with Crippen molar-refractivity contribution < 1.29 is 9.53 Å². The van der Waals surface area contributed by atoms with Gasteiger partial charge in [0.25, 0.3) is 0 Å². The third-order valence-corrected chi connectivity index (χ3v) is 0.704. The number of aliphatic imine (C=N–C) groups is 1. The first-order valence-corrected chi connectivity index (χ1v) is 3.11. The smallest absolute Gasteiger partial charge is 0.433 e. The van der Waals surface area contributed by atoms with Gasteiger partial charge in [-0.15, -0.1) is 0 Å². The molecule has 0 fully saturated rings. The van der Waals surface area contributed by atoms with Crippen molar-refractivity contribution in [2.45, 2.75) is 13.3 Å². The summed E-state index contributed by atoms with van der Waals surface area (Å²) in [5.41, 5.74) is 0. The molecule has 0 bridgehead atoms. The van der Waals surface area contributed by atoms with Gasteiger partial charge in [0.1, 0.15) is 6.61 Å². The van der Waals surface area contributed by atoms with Crippen LogP contribution in [0, 0.1) is 0 Å². The number of nitrogens with zero attached hydrogens (tertiary/aromatic N) is 1. The molecule has 1 amide bonds. The fraction of sp³-hybridized carbons (Fsp3) is 0.429. The standard InChI is InChI=1S/C7H11NO2/c1-3-5-8-7(9)10-6-4-2/h4-5H,2-3,6H2,1H3. The molecule has 0 N–H and O–H groups in total. The van der Waals surface area contributed by atoms with Crippen LogP contribution in [0.2, 0.25) is 0 Å². The predicted octanol–water partition coefficient (Wildman–Crippen LogP) is 1.79. The van der Waals surface area contributed by atoms with Crippen LogP contribution in [0.1, 0.15) is 13.3 Å². The van der Waals surface area contributed by atoms with E-state index in [1.165, 1.54) is 12.3 Å². The quantitative estimate of drug-likeness (QED) is 0.444. The summed E-state index contributed by atoms with van der Waals surface area (Å²) < 4.78 is 4.54. The van der Waals surface area contributed by atoms with Crippen LogP contribution in [-0.2, 0) is 4.74 Å². The maximum absolute atomic E-state index is 10.5. The Labute approximate surface area is 60.4 Å². The van der Waals surface area contributed by atoms with Gasteiger partial charge in [-0.05, 0) is 6.42 Å². The van der Waals surface area contributed by atoms with E-state index in [-0.39, 0.29) is 6.61 Å². The van der Waals surface area contributed by atoms with E-state index in [1.807, 2.05) is 6.92 Å². The second kappa shape index (κ2) is 6.01. The minimum Gasteiger partial charge on any atom is -0.444 e.